The predicted molar refractivity (Wildman–Crippen MR) is 8.02 cm³/mol. The summed E-state index contributed by atoms with van der Waals surface area (Å²) in [6, 6.07) is 0. The second-order valence-electron chi connectivity index (χ2n) is 0.266. The summed E-state index contributed by atoms with van der Waals surface area (Å²) in [5.41, 5.74) is 0. The first-order chi connectivity index (χ1) is 1.73. The summed E-state index contributed by atoms with van der Waals surface area (Å²) in [7, 11) is 0. The van der Waals surface area contributed by atoms with Crippen molar-refractivity contribution >= 4 is 6.16 Å². The average Bonchev–Trinajstić information content (AvgIpc) is 0.811. The minimum atomic E-state index is -2.08. The monoisotopic (exact) mass is 216 g/mol. The van der Waals surface area contributed by atoms with E-state index in [0.29, 0.717) is 0 Å². The van der Waals surface area contributed by atoms with Gasteiger partial charge in [-0.15, -0.1) is 0 Å². The Balaban J connectivity index is -0.00000000450. The third-order valence-electron chi connectivity index (χ3n) is 0. The summed E-state index contributed by atoms with van der Waals surface area (Å²) in [6.45, 7) is 0. The maximum absolute atomic E-state index is 8.44. The Morgan fingerprint density at radius 1 is 1.22 bits per heavy atom. The van der Waals surface area contributed by atoms with Gasteiger partial charge in [0, 0.05) is 0 Å². The van der Waals surface area contributed by atoms with Gasteiger partial charge in [0.15, 0.2) is 0 Å². The van der Waals surface area contributed by atoms with Crippen LogP contribution in [-0.2, 0) is 0 Å². The molecule has 0 aromatic rings. The molecular weight excluding hydrogens is 216 g/mol. The smallest absolute Gasteiger partial charge is 1.00 e. The van der Waals surface area contributed by atoms with Crippen LogP contribution in [0.15, 0.2) is 0 Å². The SMILES string of the molecule is O=C([O-])O.[Cl-].[Cl-].[K+].[Na+].[Na+]. The van der Waals surface area contributed by atoms with Gasteiger partial charge in [-0.2, -0.15) is 0 Å². The number of carboxylic acid groups (broad SMARTS) is 2. The fourth-order valence-corrected chi connectivity index (χ4v) is 0. The zero-order valence-electron chi connectivity index (χ0n) is 5.52. The first-order valence-corrected chi connectivity index (χ1v) is 0.632. The van der Waals surface area contributed by atoms with Crippen molar-refractivity contribution in [1.29, 1.82) is 0 Å². The van der Waals surface area contributed by atoms with Gasteiger partial charge in [-0.25, -0.2) is 0 Å². The van der Waals surface area contributed by atoms with E-state index >= 15 is 0 Å². The molecule has 0 rings (SSSR count). The van der Waals surface area contributed by atoms with Crippen LogP contribution < -0.4 is 140 Å². The summed E-state index contributed by atoms with van der Waals surface area (Å²) in [5, 5.41) is 15.3. The number of hydrogen-bond acceptors (Lipinski definition) is 2. The van der Waals surface area contributed by atoms with Gasteiger partial charge in [-0.05, 0) is 0 Å². The van der Waals surface area contributed by atoms with Gasteiger partial charge in [0.2, 0.25) is 6.16 Å². The molecule has 0 heterocycles. The molecule has 0 aliphatic rings. The Morgan fingerprint density at radius 3 is 1.22 bits per heavy atom. The fraction of sp³-hybridized carbons (Fsp3) is 0. The molecule has 0 aromatic carbocycles. The summed E-state index contributed by atoms with van der Waals surface area (Å²) < 4.78 is 0. The molecule has 0 radical (unpaired) electrons. The summed E-state index contributed by atoms with van der Waals surface area (Å²) in [4.78, 5) is 8.44. The second kappa shape index (κ2) is 30.0. The van der Waals surface area contributed by atoms with E-state index in [1.54, 1.807) is 0 Å². The van der Waals surface area contributed by atoms with E-state index in [1.807, 2.05) is 0 Å². The summed E-state index contributed by atoms with van der Waals surface area (Å²) >= 11 is 0. The Labute approximate surface area is 153 Å². The van der Waals surface area contributed by atoms with Gasteiger partial charge < -0.3 is 39.8 Å². The van der Waals surface area contributed by atoms with E-state index < -0.39 is 6.16 Å². The third kappa shape index (κ3) is 85.0. The molecular formula is CHCl2KNa2O3. The van der Waals surface area contributed by atoms with Crippen LogP contribution in [0.3, 0.4) is 0 Å². The van der Waals surface area contributed by atoms with E-state index in [9.17, 15) is 0 Å². The van der Waals surface area contributed by atoms with Gasteiger partial charge in [0.25, 0.3) is 0 Å². The molecule has 0 atom stereocenters. The molecule has 0 unspecified atom stereocenters. The van der Waals surface area contributed by atoms with E-state index in [0.717, 1.165) is 0 Å². The van der Waals surface area contributed by atoms with Crippen molar-refractivity contribution in [2.75, 3.05) is 0 Å². The zero-order valence-corrected chi connectivity index (χ0v) is 14.2. The standard InChI is InChI=1S/CH2O3.2ClH.K.2Na/c2-1(3)4;;;;;/h(H2,2,3,4);2*1H;;;/q;;;3*+1/p-3. The first-order valence-electron chi connectivity index (χ1n) is 0.632. The van der Waals surface area contributed by atoms with E-state index in [1.165, 1.54) is 0 Å². The van der Waals surface area contributed by atoms with Crippen molar-refractivity contribution in [3.63, 3.8) is 0 Å². The number of halogens is 2. The van der Waals surface area contributed by atoms with Crippen LogP contribution in [0.4, 0.5) is 4.79 Å². The normalized spacial score (nSPS) is 2.67. The van der Waals surface area contributed by atoms with Crippen molar-refractivity contribution in [3.05, 3.63) is 0 Å². The van der Waals surface area contributed by atoms with Crippen molar-refractivity contribution in [1.82, 2.24) is 0 Å². The molecule has 0 aromatic heterocycles. The van der Waals surface area contributed by atoms with Crippen LogP contribution >= 0.6 is 0 Å². The van der Waals surface area contributed by atoms with E-state index in [2.05, 4.69) is 0 Å². The minimum absolute atomic E-state index is 0. The molecule has 0 amide bonds. The minimum Gasteiger partial charge on any atom is -1.00 e. The third-order valence-corrected chi connectivity index (χ3v) is 0. The van der Waals surface area contributed by atoms with Crippen LogP contribution in [0.2, 0.25) is 0 Å². The van der Waals surface area contributed by atoms with E-state index in [-0.39, 0.29) is 135 Å². The average molecular weight is 217 g/mol. The van der Waals surface area contributed by atoms with Gasteiger partial charge in [0.05, 0.1) is 0 Å². The maximum atomic E-state index is 8.44. The quantitative estimate of drug-likeness (QED) is 0.410. The topological polar surface area (TPSA) is 60.4 Å². The van der Waals surface area contributed by atoms with Gasteiger partial charge >= 0.3 is 110 Å². The summed E-state index contributed by atoms with van der Waals surface area (Å²) in [6.07, 6.45) is -2.08. The number of carbonyl (C=O) groups is 1. The van der Waals surface area contributed by atoms with Crippen LogP contribution in [-0.4, -0.2) is 11.3 Å². The molecule has 0 aliphatic carbocycles. The van der Waals surface area contributed by atoms with Gasteiger partial charge in [0.1, 0.15) is 0 Å². The Kier molecular flexibility index (Phi) is 131. The van der Waals surface area contributed by atoms with Crippen molar-refractivity contribution in [2.24, 2.45) is 0 Å². The molecule has 40 valence electrons. The molecule has 0 spiro atoms. The van der Waals surface area contributed by atoms with E-state index in [4.69, 9.17) is 15.0 Å². The van der Waals surface area contributed by atoms with Gasteiger partial charge in [-0.1, -0.05) is 0 Å². The molecule has 0 saturated heterocycles. The Bertz CT molecular complexity index is 42.8. The van der Waals surface area contributed by atoms with Crippen molar-refractivity contribution in [2.45, 2.75) is 0 Å². The van der Waals surface area contributed by atoms with Crippen LogP contribution in [0.25, 0.3) is 0 Å². The Morgan fingerprint density at radius 2 is 1.22 bits per heavy atom. The number of rotatable bonds is 0. The predicted octanol–water partition coefficient (Wildman–Crippen LogP) is -16.1. The van der Waals surface area contributed by atoms with Crippen LogP contribution in [0.5, 0.6) is 0 Å². The molecule has 0 aliphatic heterocycles. The second-order valence-corrected chi connectivity index (χ2v) is 0.266. The molecule has 9 heavy (non-hydrogen) atoms. The largest absolute Gasteiger partial charge is 1.00 e. The molecule has 8 heteroatoms. The Hall–Kier alpha value is 3.49. The summed E-state index contributed by atoms with van der Waals surface area (Å²) in [5.74, 6) is 0. The fourth-order valence-electron chi connectivity index (χ4n) is 0. The maximum Gasteiger partial charge on any atom is 1.00 e. The van der Waals surface area contributed by atoms with Crippen LogP contribution in [0.1, 0.15) is 0 Å². The molecule has 1 N–H and O–H groups in total. The first kappa shape index (κ1) is 39.2. The van der Waals surface area contributed by atoms with Gasteiger partial charge in [-0.3, -0.25) is 0 Å². The van der Waals surface area contributed by atoms with Crippen LogP contribution in [0, 0.1) is 0 Å². The van der Waals surface area contributed by atoms with Crippen molar-refractivity contribution < 1.29 is 150 Å². The zero-order chi connectivity index (χ0) is 3.58. The van der Waals surface area contributed by atoms with Crippen molar-refractivity contribution in [3.8, 4) is 0 Å². The molecule has 0 bridgehead atoms. The molecule has 3 nitrogen and oxygen atoms in total. The molecule has 0 saturated carbocycles. The molecule has 0 fully saturated rings. The number of hydrogen-bond donors (Lipinski definition) is 1.